The number of nitrogens with two attached hydrogens (primary N) is 1. The van der Waals surface area contributed by atoms with Gasteiger partial charge in [-0.2, -0.15) is 0 Å². The molecule has 0 radical (unpaired) electrons. The molecule has 0 bridgehead atoms. The van der Waals surface area contributed by atoms with Gasteiger partial charge >= 0.3 is 6.09 Å². The SMILES string of the molecule is NC(C(=O)N1CCC(F)(F)C1)N(C(=O)C1CC(O)CN1C(=O)OCc1ccccc1)C1CCCCC1. The first-order valence-electron chi connectivity index (χ1n) is 12.6. The third-order valence-corrected chi connectivity index (χ3v) is 7.26. The number of rotatable bonds is 6. The van der Waals surface area contributed by atoms with Crippen LogP contribution in [0.15, 0.2) is 30.3 Å². The van der Waals surface area contributed by atoms with Gasteiger partial charge in [-0.05, 0) is 18.4 Å². The summed E-state index contributed by atoms with van der Waals surface area (Å²) in [7, 11) is 0. The van der Waals surface area contributed by atoms with Gasteiger partial charge in [0, 0.05) is 25.4 Å². The van der Waals surface area contributed by atoms with E-state index in [2.05, 4.69) is 0 Å². The molecule has 0 spiro atoms. The molecule has 2 heterocycles. The van der Waals surface area contributed by atoms with Crippen LogP contribution < -0.4 is 5.73 Å². The highest BCUT2D eigenvalue weighted by Crippen LogP contribution is 2.31. The van der Waals surface area contributed by atoms with Crippen molar-refractivity contribution < 1.29 is 33.0 Å². The summed E-state index contributed by atoms with van der Waals surface area (Å²) in [4.78, 5) is 43.3. The number of nitrogens with zero attached hydrogens (tertiary/aromatic N) is 3. The summed E-state index contributed by atoms with van der Waals surface area (Å²) in [6.07, 6.45) is 0.295. The van der Waals surface area contributed by atoms with Crippen molar-refractivity contribution in [3.05, 3.63) is 35.9 Å². The van der Waals surface area contributed by atoms with Crippen molar-refractivity contribution in [3.63, 3.8) is 0 Å². The van der Waals surface area contributed by atoms with Crippen molar-refractivity contribution in [2.75, 3.05) is 19.6 Å². The van der Waals surface area contributed by atoms with Crippen molar-refractivity contribution in [1.29, 1.82) is 0 Å². The zero-order chi connectivity index (χ0) is 25.9. The van der Waals surface area contributed by atoms with E-state index in [-0.39, 0.29) is 32.2 Å². The third kappa shape index (κ3) is 5.95. The quantitative estimate of drug-likeness (QED) is 0.569. The lowest BCUT2D eigenvalue weighted by Crippen LogP contribution is -2.62. The van der Waals surface area contributed by atoms with Gasteiger partial charge in [-0.1, -0.05) is 49.6 Å². The zero-order valence-corrected chi connectivity index (χ0v) is 20.2. The average Bonchev–Trinajstić information content (AvgIpc) is 3.45. The fourth-order valence-corrected chi connectivity index (χ4v) is 5.36. The molecule has 3 fully saturated rings. The van der Waals surface area contributed by atoms with Gasteiger partial charge in [0.2, 0.25) is 5.91 Å². The Balaban J connectivity index is 1.51. The maximum absolute atomic E-state index is 13.8. The monoisotopic (exact) mass is 508 g/mol. The molecule has 3 amide bonds. The number of carbonyl (C=O) groups excluding carboxylic acids is 3. The summed E-state index contributed by atoms with van der Waals surface area (Å²) < 4.78 is 32.9. The standard InChI is InChI=1S/C25H34F2N4O5/c26-25(27)11-12-29(16-25)23(34)21(28)31(18-9-5-2-6-10-18)22(33)20-13-19(32)14-30(20)24(35)36-15-17-7-3-1-4-8-17/h1,3-4,7-8,18-21,32H,2,5-6,9-16,28H2. The van der Waals surface area contributed by atoms with Gasteiger partial charge in [0.25, 0.3) is 11.8 Å². The van der Waals surface area contributed by atoms with Gasteiger partial charge in [-0.25, -0.2) is 13.6 Å². The number of hydrogen-bond acceptors (Lipinski definition) is 6. The maximum Gasteiger partial charge on any atom is 0.410 e. The Morgan fingerprint density at radius 1 is 1.17 bits per heavy atom. The van der Waals surface area contributed by atoms with E-state index in [1.807, 2.05) is 18.2 Å². The third-order valence-electron chi connectivity index (χ3n) is 7.26. The summed E-state index contributed by atoms with van der Waals surface area (Å²) in [5, 5.41) is 10.3. The lowest BCUT2D eigenvalue weighted by Gasteiger charge is -2.41. The highest BCUT2D eigenvalue weighted by molar-refractivity contribution is 5.92. The molecule has 0 aromatic heterocycles. The van der Waals surface area contributed by atoms with E-state index in [0.717, 1.165) is 29.7 Å². The van der Waals surface area contributed by atoms with Gasteiger partial charge in [-0.3, -0.25) is 14.5 Å². The van der Waals surface area contributed by atoms with Crippen LogP contribution in [0.5, 0.6) is 0 Å². The molecule has 4 rings (SSSR count). The number of alkyl halides is 2. The van der Waals surface area contributed by atoms with Crippen LogP contribution in [0.25, 0.3) is 0 Å². The van der Waals surface area contributed by atoms with E-state index >= 15 is 0 Å². The second kappa shape index (κ2) is 11.1. The zero-order valence-electron chi connectivity index (χ0n) is 20.2. The first-order chi connectivity index (χ1) is 17.2. The van der Waals surface area contributed by atoms with Crippen molar-refractivity contribution in [3.8, 4) is 0 Å². The molecule has 2 aliphatic heterocycles. The molecule has 2 saturated heterocycles. The van der Waals surface area contributed by atoms with Crippen LogP contribution in [-0.4, -0.2) is 87.6 Å². The smallest absolute Gasteiger partial charge is 0.410 e. The molecule has 3 N–H and O–H groups in total. The summed E-state index contributed by atoms with van der Waals surface area (Å²) in [6, 6.07) is 7.64. The van der Waals surface area contributed by atoms with Gasteiger partial charge in [-0.15, -0.1) is 0 Å². The van der Waals surface area contributed by atoms with Gasteiger partial charge in [0.05, 0.1) is 19.2 Å². The van der Waals surface area contributed by atoms with E-state index in [0.29, 0.717) is 12.8 Å². The summed E-state index contributed by atoms with van der Waals surface area (Å²) in [5.41, 5.74) is 7.06. The fourth-order valence-electron chi connectivity index (χ4n) is 5.36. The summed E-state index contributed by atoms with van der Waals surface area (Å²) in [5.74, 6) is -4.28. The molecule has 1 aromatic rings. The normalized spacial score (nSPS) is 25.0. The number of likely N-dealkylation sites (tertiary alicyclic amines) is 2. The lowest BCUT2D eigenvalue weighted by molar-refractivity contribution is -0.151. The number of benzene rings is 1. The highest BCUT2D eigenvalue weighted by Gasteiger charge is 2.48. The van der Waals surface area contributed by atoms with E-state index in [4.69, 9.17) is 10.5 Å². The molecule has 3 atom stereocenters. The number of aliphatic hydroxyl groups is 1. The molecule has 1 aromatic carbocycles. The van der Waals surface area contributed by atoms with Gasteiger partial charge in [0.15, 0.2) is 6.17 Å². The Morgan fingerprint density at radius 3 is 2.50 bits per heavy atom. The molecule has 9 nitrogen and oxygen atoms in total. The maximum atomic E-state index is 13.8. The highest BCUT2D eigenvalue weighted by atomic mass is 19.3. The molecule has 36 heavy (non-hydrogen) atoms. The van der Waals surface area contributed by atoms with Crippen molar-refractivity contribution in [2.24, 2.45) is 5.73 Å². The van der Waals surface area contributed by atoms with Gasteiger partial charge in [0.1, 0.15) is 12.6 Å². The number of halogens is 2. The van der Waals surface area contributed by atoms with Crippen LogP contribution >= 0.6 is 0 Å². The van der Waals surface area contributed by atoms with Crippen molar-refractivity contribution in [1.82, 2.24) is 14.7 Å². The van der Waals surface area contributed by atoms with Crippen LogP contribution in [0, 0.1) is 0 Å². The molecule has 1 aliphatic carbocycles. The van der Waals surface area contributed by atoms with E-state index in [1.54, 1.807) is 12.1 Å². The molecule has 198 valence electrons. The second-order valence-electron chi connectivity index (χ2n) is 9.95. The van der Waals surface area contributed by atoms with E-state index < -0.39 is 55.1 Å². The molecule has 3 unspecified atom stereocenters. The second-order valence-corrected chi connectivity index (χ2v) is 9.95. The largest absolute Gasteiger partial charge is 0.445 e. The van der Waals surface area contributed by atoms with Crippen molar-refractivity contribution >= 4 is 17.9 Å². The number of amides is 3. The van der Waals surface area contributed by atoms with Gasteiger partial charge < -0.3 is 25.4 Å². The van der Waals surface area contributed by atoms with Crippen LogP contribution in [0.3, 0.4) is 0 Å². The fraction of sp³-hybridized carbons (Fsp3) is 0.640. The van der Waals surface area contributed by atoms with Crippen LogP contribution in [0.1, 0.15) is 50.5 Å². The van der Waals surface area contributed by atoms with E-state index in [9.17, 15) is 28.3 Å². The predicted octanol–water partition coefficient (Wildman–Crippen LogP) is 2.07. The van der Waals surface area contributed by atoms with E-state index in [1.165, 1.54) is 9.80 Å². The Hall–Kier alpha value is -2.79. The number of aliphatic hydroxyl groups excluding tert-OH is 1. The minimum Gasteiger partial charge on any atom is -0.445 e. The molecule has 11 heteroatoms. The number of carbonyl (C=O) groups is 3. The van der Waals surface area contributed by atoms with Crippen molar-refractivity contribution in [2.45, 2.75) is 81.8 Å². The Bertz CT molecular complexity index is 944. The van der Waals surface area contributed by atoms with Crippen LogP contribution in [-0.2, 0) is 20.9 Å². The minimum atomic E-state index is -2.98. The summed E-state index contributed by atoms with van der Waals surface area (Å²) >= 11 is 0. The lowest BCUT2D eigenvalue weighted by atomic mass is 9.93. The first-order valence-corrected chi connectivity index (χ1v) is 12.6. The molecule has 1 saturated carbocycles. The number of ether oxygens (including phenoxy) is 1. The Kier molecular flexibility index (Phi) is 8.09. The average molecular weight is 509 g/mol. The molecule has 3 aliphatic rings. The summed E-state index contributed by atoms with van der Waals surface area (Å²) in [6.45, 7) is -0.955. The molecular weight excluding hydrogens is 474 g/mol. The Labute approximate surface area is 209 Å². The first kappa shape index (κ1) is 26.3. The van der Waals surface area contributed by atoms with Crippen LogP contribution in [0.4, 0.5) is 13.6 Å². The molecular formula is C25H34F2N4O5. The minimum absolute atomic E-state index is 0.000684. The van der Waals surface area contributed by atoms with Crippen LogP contribution in [0.2, 0.25) is 0 Å². The topological polar surface area (TPSA) is 116 Å². The number of β-amino-alcohol motifs (C(OH)–C–C–N with tert-alkyl or cyclic N) is 1. The predicted molar refractivity (Wildman–Crippen MR) is 126 cm³/mol. The Morgan fingerprint density at radius 2 is 1.86 bits per heavy atom. The number of hydrogen-bond donors (Lipinski definition) is 2.